The van der Waals surface area contributed by atoms with Gasteiger partial charge in [0, 0.05) is 61.3 Å². The van der Waals surface area contributed by atoms with Crippen molar-refractivity contribution in [3.63, 3.8) is 0 Å². The molecule has 34 heavy (non-hydrogen) atoms. The highest BCUT2D eigenvalue weighted by Crippen LogP contribution is 2.36. The Bertz CT molecular complexity index is 1240. The summed E-state index contributed by atoms with van der Waals surface area (Å²) in [4.78, 5) is 21.3. The van der Waals surface area contributed by atoms with Gasteiger partial charge in [-0.15, -0.1) is 0 Å². The number of nitrogens with zero attached hydrogens (tertiary/aromatic N) is 2. The van der Waals surface area contributed by atoms with E-state index in [2.05, 4.69) is 70.2 Å². The van der Waals surface area contributed by atoms with E-state index in [1.807, 2.05) is 17.0 Å². The molecule has 1 aliphatic rings. The third-order valence-corrected chi connectivity index (χ3v) is 7.69. The van der Waals surface area contributed by atoms with E-state index in [0.717, 1.165) is 38.3 Å². The highest BCUT2D eigenvalue weighted by atomic mass is 32.1. The van der Waals surface area contributed by atoms with Crippen LogP contribution in [-0.4, -0.2) is 49.1 Å². The number of H-pyrrole nitrogens is 1. The second-order valence-corrected chi connectivity index (χ2v) is 9.60. The van der Waals surface area contributed by atoms with Crippen molar-refractivity contribution in [3.05, 3.63) is 82.2 Å². The average molecular weight is 474 g/mol. The molecule has 1 aliphatic heterocycles. The molecule has 0 spiro atoms. The first kappa shape index (κ1) is 22.5. The van der Waals surface area contributed by atoms with Gasteiger partial charge in [0.2, 0.25) is 5.91 Å². The van der Waals surface area contributed by atoms with Crippen molar-refractivity contribution < 1.29 is 9.53 Å². The number of carbonyl (C=O) groups is 1. The van der Waals surface area contributed by atoms with Crippen LogP contribution in [0.15, 0.2) is 65.5 Å². The minimum absolute atomic E-state index is 0.0548. The Balaban J connectivity index is 1.32. The Labute approximate surface area is 205 Å². The predicted molar refractivity (Wildman–Crippen MR) is 140 cm³/mol. The summed E-state index contributed by atoms with van der Waals surface area (Å²) >= 11 is 1.69. The number of methoxy groups -OCH3 is 1. The van der Waals surface area contributed by atoms with E-state index in [1.54, 1.807) is 18.4 Å². The Morgan fingerprint density at radius 2 is 1.88 bits per heavy atom. The maximum atomic E-state index is 13.5. The van der Waals surface area contributed by atoms with Gasteiger partial charge in [-0.25, -0.2) is 0 Å². The number of nitrogens with one attached hydrogen (secondary N) is 1. The second-order valence-electron chi connectivity index (χ2n) is 8.82. The number of anilines is 1. The van der Waals surface area contributed by atoms with Crippen LogP contribution in [0.25, 0.3) is 10.9 Å². The summed E-state index contributed by atoms with van der Waals surface area (Å²) in [5.74, 6) is 1.14. The van der Waals surface area contributed by atoms with Gasteiger partial charge in [-0.3, -0.25) is 4.79 Å². The molecule has 1 fully saturated rings. The topological polar surface area (TPSA) is 48.6 Å². The number of ether oxygens (including phenoxy) is 1. The summed E-state index contributed by atoms with van der Waals surface area (Å²) in [5, 5.41) is 5.52. The largest absolute Gasteiger partial charge is 0.497 e. The monoisotopic (exact) mass is 473 g/mol. The molecule has 5 rings (SSSR count). The Morgan fingerprint density at radius 3 is 2.56 bits per heavy atom. The summed E-state index contributed by atoms with van der Waals surface area (Å²) < 4.78 is 5.27. The van der Waals surface area contributed by atoms with Gasteiger partial charge in [-0.1, -0.05) is 25.1 Å². The maximum absolute atomic E-state index is 13.5. The number of piperazine rings is 1. The van der Waals surface area contributed by atoms with Gasteiger partial charge < -0.3 is 19.5 Å². The smallest absolute Gasteiger partial charge is 0.223 e. The molecule has 3 heterocycles. The fourth-order valence-electron chi connectivity index (χ4n) is 5.01. The van der Waals surface area contributed by atoms with E-state index in [-0.39, 0.29) is 11.8 Å². The van der Waals surface area contributed by atoms with Crippen molar-refractivity contribution >= 4 is 33.8 Å². The molecular formula is C28H31N3O2S. The molecule has 2 aromatic carbocycles. The van der Waals surface area contributed by atoms with Crippen molar-refractivity contribution in [1.29, 1.82) is 0 Å². The molecule has 0 aliphatic carbocycles. The predicted octanol–water partition coefficient (Wildman–Crippen LogP) is 5.67. The van der Waals surface area contributed by atoms with Crippen LogP contribution in [0.4, 0.5) is 5.69 Å². The zero-order valence-electron chi connectivity index (χ0n) is 19.8. The summed E-state index contributed by atoms with van der Waals surface area (Å²) in [5.41, 5.74) is 6.12. The molecule has 1 atom stereocenters. The lowest BCUT2D eigenvalue weighted by Crippen LogP contribution is -2.49. The van der Waals surface area contributed by atoms with E-state index in [9.17, 15) is 4.79 Å². The zero-order chi connectivity index (χ0) is 23.5. The standard InChI is InChI=1S/C28H31N3O2S/c1-3-20-5-4-6-24-26(18-29-28(20)24)25(21-11-16-34-19-21)17-27(32)31-14-12-30(13-15-31)22-7-9-23(33-2)10-8-22/h4-11,16,18-19,25,29H,3,12-15,17H2,1-2H3. The van der Waals surface area contributed by atoms with Crippen LogP contribution in [0.1, 0.15) is 36.0 Å². The molecular weight excluding hydrogens is 442 g/mol. The lowest BCUT2D eigenvalue weighted by Gasteiger charge is -2.36. The lowest BCUT2D eigenvalue weighted by molar-refractivity contribution is -0.131. The molecule has 0 saturated carbocycles. The molecule has 4 aromatic rings. The molecule has 1 unspecified atom stereocenters. The molecule has 176 valence electrons. The normalized spacial score (nSPS) is 15.0. The minimum atomic E-state index is 0.0548. The SMILES string of the molecule is CCc1cccc2c(C(CC(=O)N3CCN(c4ccc(OC)cc4)CC3)c3ccsc3)c[nH]c12. The van der Waals surface area contributed by atoms with E-state index in [0.29, 0.717) is 6.42 Å². The van der Waals surface area contributed by atoms with Crippen molar-refractivity contribution in [3.8, 4) is 5.75 Å². The molecule has 1 amide bonds. The van der Waals surface area contributed by atoms with Crippen molar-refractivity contribution in [2.24, 2.45) is 0 Å². The number of aromatic amines is 1. The van der Waals surface area contributed by atoms with Gasteiger partial charge in [-0.05, 0) is 64.2 Å². The van der Waals surface area contributed by atoms with E-state index in [4.69, 9.17) is 4.74 Å². The summed E-state index contributed by atoms with van der Waals surface area (Å²) in [6.07, 6.45) is 3.58. The second kappa shape index (κ2) is 9.94. The summed E-state index contributed by atoms with van der Waals surface area (Å²) in [7, 11) is 1.68. The van der Waals surface area contributed by atoms with Crippen molar-refractivity contribution in [1.82, 2.24) is 9.88 Å². The van der Waals surface area contributed by atoms with Gasteiger partial charge in [0.1, 0.15) is 5.75 Å². The van der Waals surface area contributed by atoms with Crippen molar-refractivity contribution in [2.75, 3.05) is 38.2 Å². The fraction of sp³-hybridized carbons (Fsp3) is 0.321. The van der Waals surface area contributed by atoms with Crippen LogP contribution < -0.4 is 9.64 Å². The van der Waals surface area contributed by atoms with Crippen LogP contribution in [0.2, 0.25) is 0 Å². The van der Waals surface area contributed by atoms with Gasteiger partial charge in [0.15, 0.2) is 0 Å². The van der Waals surface area contributed by atoms with Crippen LogP contribution in [-0.2, 0) is 11.2 Å². The number of hydrogen-bond acceptors (Lipinski definition) is 4. The highest BCUT2D eigenvalue weighted by molar-refractivity contribution is 7.08. The molecule has 1 N–H and O–H groups in total. The number of rotatable bonds is 7. The average Bonchev–Trinajstić information content (AvgIpc) is 3.58. The van der Waals surface area contributed by atoms with Crippen LogP contribution in [0.3, 0.4) is 0 Å². The van der Waals surface area contributed by atoms with Gasteiger partial charge in [0.05, 0.1) is 7.11 Å². The third kappa shape index (κ3) is 4.42. The minimum Gasteiger partial charge on any atom is -0.497 e. The summed E-state index contributed by atoms with van der Waals surface area (Å²) in [6, 6.07) is 16.8. The van der Waals surface area contributed by atoms with E-state index >= 15 is 0 Å². The number of aryl methyl sites for hydroxylation is 1. The first-order chi connectivity index (χ1) is 16.7. The third-order valence-electron chi connectivity index (χ3n) is 6.98. The van der Waals surface area contributed by atoms with E-state index in [1.165, 1.54) is 33.3 Å². The maximum Gasteiger partial charge on any atom is 0.223 e. The molecule has 2 aromatic heterocycles. The van der Waals surface area contributed by atoms with Gasteiger partial charge in [0.25, 0.3) is 0 Å². The van der Waals surface area contributed by atoms with Crippen LogP contribution >= 0.6 is 11.3 Å². The van der Waals surface area contributed by atoms with Gasteiger partial charge >= 0.3 is 0 Å². The highest BCUT2D eigenvalue weighted by Gasteiger charge is 2.27. The molecule has 0 radical (unpaired) electrons. The number of amides is 1. The van der Waals surface area contributed by atoms with Crippen molar-refractivity contribution in [2.45, 2.75) is 25.7 Å². The Hall–Kier alpha value is -3.25. The number of carbonyl (C=O) groups excluding carboxylic acids is 1. The van der Waals surface area contributed by atoms with Gasteiger partial charge in [-0.2, -0.15) is 11.3 Å². The Morgan fingerprint density at radius 1 is 1.09 bits per heavy atom. The molecule has 1 saturated heterocycles. The van der Waals surface area contributed by atoms with E-state index < -0.39 is 0 Å². The molecule has 5 nitrogen and oxygen atoms in total. The quantitative estimate of drug-likeness (QED) is 0.376. The summed E-state index contributed by atoms with van der Waals surface area (Å²) in [6.45, 7) is 5.35. The fourth-order valence-corrected chi connectivity index (χ4v) is 5.73. The lowest BCUT2D eigenvalue weighted by atomic mass is 9.89. The molecule has 0 bridgehead atoms. The number of hydrogen-bond donors (Lipinski definition) is 1. The number of thiophene rings is 1. The number of benzene rings is 2. The number of para-hydroxylation sites is 1. The molecule has 6 heteroatoms. The number of fused-ring (bicyclic) bond motifs is 1. The first-order valence-corrected chi connectivity index (χ1v) is 12.9. The first-order valence-electron chi connectivity index (χ1n) is 12.0. The Kier molecular flexibility index (Phi) is 6.59. The zero-order valence-corrected chi connectivity index (χ0v) is 20.6. The van der Waals surface area contributed by atoms with Crippen LogP contribution in [0, 0.1) is 0 Å². The van der Waals surface area contributed by atoms with Crippen LogP contribution in [0.5, 0.6) is 5.75 Å². The number of aromatic nitrogens is 1.